The predicted molar refractivity (Wildman–Crippen MR) is 108 cm³/mol. The maximum absolute atomic E-state index is 12.9. The van der Waals surface area contributed by atoms with E-state index in [-0.39, 0.29) is 23.8 Å². The van der Waals surface area contributed by atoms with Gasteiger partial charge in [0.1, 0.15) is 0 Å². The second-order valence-electron chi connectivity index (χ2n) is 8.04. The number of amides is 1. The van der Waals surface area contributed by atoms with Gasteiger partial charge in [0.05, 0.1) is 10.8 Å². The van der Waals surface area contributed by atoms with E-state index in [9.17, 15) is 13.2 Å². The van der Waals surface area contributed by atoms with E-state index in [1.807, 2.05) is 56.3 Å². The first-order valence-electron chi connectivity index (χ1n) is 9.78. The molecule has 2 aromatic carbocycles. The minimum Gasteiger partial charge on any atom is -0.352 e. The van der Waals surface area contributed by atoms with Crippen molar-refractivity contribution in [3.05, 3.63) is 65.7 Å². The van der Waals surface area contributed by atoms with Crippen LogP contribution in [0.3, 0.4) is 0 Å². The molecule has 1 heterocycles. The molecule has 5 nitrogen and oxygen atoms in total. The number of sulfonamides is 1. The molecule has 1 aliphatic heterocycles. The Balaban J connectivity index is 1.39. The van der Waals surface area contributed by atoms with Crippen molar-refractivity contribution in [3.8, 4) is 0 Å². The molecule has 0 radical (unpaired) electrons. The molecule has 28 heavy (non-hydrogen) atoms. The Hall–Kier alpha value is -2.18. The maximum Gasteiger partial charge on any atom is 0.243 e. The zero-order valence-electron chi connectivity index (χ0n) is 16.2. The summed E-state index contributed by atoms with van der Waals surface area (Å²) in [5, 5.41) is 3.14. The molecule has 1 N–H and O–H groups in total. The van der Waals surface area contributed by atoms with Gasteiger partial charge in [-0.25, -0.2) is 8.42 Å². The van der Waals surface area contributed by atoms with E-state index in [4.69, 9.17) is 0 Å². The van der Waals surface area contributed by atoms with Crippen LogP contribution in [0.1, 0.15) is 30.4 Å². The summed E-state index contributed by atoms with van der Waals surface area (Å²) in [6.07, 6.45) is 0.845. The smallest absolute Gasteiger partial charge is 0.243 e. The molecule has 1 amide bonds. The zero-order chi connectivity index (χ0) is 19.9. The quantitative estimate of drug-likeness (QED) is 0.842. The van der Waals surface area contributed by atoms with Gasteiger partial charge in [-0.3, -0.25) is 4.79 Å². The van der Waals surface area contributed by atoms with Crippen molar-refractivity contribution in [3.63, 3.8) is 0 Å². The van der Waals surface area contributed by atoms with Crippen LogP contribution in [0.15, 0.2) is 59.5 Å². The molecule has 0 unspecified atom stereocenters. The van der Waals surface area contributed by atoms with E-state index in [1.54, 1.807) is 16.4 Å². The SMILES string of the molecule is Cc1ccc(S(=O)(=O)N2C[C@H]3C[C@H](NC(=O)[C@@H](C)c4ccccc4)[C@H]3C2)cc1. The summed E-state index contributed by atoms with van der Waals surface area (Å²) in [5.74, 6) is 0.327. The van der Waals surface area contributed by atoms with Crippen LogP contribution in [0.5, 0.6) is 0 Å². The monoisotopic (exact) mass is 398 g/mol. The molecule has 1 saturated heterocycles. The van der Waals surface area contributed by atoms with Gasteiger partial charge in [0.25, 0.3) is 0 Å². The maximum atomic E-state index is 12.9. The number of nitrogens with one attached hydrogen (secondary N) is 1. The standard InChI is InChI=1S/C22H26N2O3S/c1-15-8-10-19(11-9-15)28(26,27)24-13-18-12-21(20(18)14-24)23-22(25)16(2)17-6-4-3-5-7-17/h3-11,16,18,20-21H,12-14H2,1-2H3,(H,23,25)/t16-,18+,20-,21-/m0/s1. The lowest BCUT2D eigenvalue weighted by Gasteiger charge is -2.40. The number of hydrogen-bond acceptors (Lipinski definition) is 3. The van der Waals surface area contributed by atoms with Gasteiger partial charge in [0.2, 0.25) is 15.9 Å². The highest BCUT2D eigenvalue weighted by Gasteiger charge is 2.50. The van der Waals surface area contributed by atoms with Crippen molar-refractivity contribution in [2.45, 2.75) is 37.1 Å². The third kappa shape index (κ3) is 3.47. The second-order valence-corrected chi connectivity index (χ2v) is 9.98. The summed E-state index contributed by atoms with van der Waals surface area (Å²) >= 11 is 0. The van der Waals surface area contributed by atoms with Crippen molar-refractivity contribution in [2.24, 2.45) is 11.8 Å². The van der Waals surface area contributed by atoms with E-state index in [2.05, 4.69) is 5.32 Å². The average molecular weight is 399 g/mol. The highest BCUT2D eigenvalue weighted by molar-refractivity contribution is 7.89. The summed E-state index contributed by atoms with van der Waals surface area (Å²) in [6, 6.07) is 16.8. The summed E-state index contributed by atoms with van der Waals surface area (Å²) < 4.78 is 27.4. The van der Waals surface area contributed by atoms with Gasteiger partial charge < -0.3 is 5.32 Å². The molecule has 2 aromatic rings. The van der Waals surface area contributed by atoms with Gasteiger partial charge >= 0.3 is 0 Å². The van der Waals surface area contributed by atoms with Gasteiger partial charge in [-0.2, -0.15) is 4.31 Å². The molecule has 0 bridgehead atoms. The molecular weight excluding hydrogens is 372 g/mol. The normalized spacial score (nSPS) is 25.6. The lowest BCUT2D eigenvalue weighted by molar-refractivity contribution is -0.124. The van der Waals surface area contributed by atoms with Crippen molar-refractivity contribution in [1.29, 1.82) is 0 Å². The Morgan fingerprint density at radius 1 is 1.07 bits per heavy atom. The lowest BCUT2D eigenvalue weighted by atomic mass is 9.71. The molecule has 1 aliphatic carbocycles. The van der Waals surface area contributed by atoms with Crippen LogP contribution in [-0.4, -0.2) is 37.8 Å². The zero-order valence-corrected chi connectivity index (χ0v) is 17.0. The summed E-state index contributed by atoms with van der Waals surface area (Å²) in [5.41, 5.74) is 2.03. The molecule has 6 heteroatoms. The largest absolute Gasteiger partial charge is 0.352 e. The Morgan fingerprint density at radius 2 is 1.75 bits per heavy atom. The first kappa shape index (κ1) is 19.2. The second kappa shape index (κ2) is 7.33. The van der Waals surface area contributed by atoms with Crippen molar-refractivity contribution in [2.75, 3.05) is 13.1 Å². The molecule has 0 aromatic heterocycles. The van der Waals surface area contributed by atoms with Gasteiger partial charge in [0.15, 0.2) is 0 Å². The highest BCUT2D eigenvalue weighted by atomic mass is 32.2. The fourth-order valence-electron chi connectivity index (χ4n) is 4.29. The first-order valence-corrected chi connectivity index (χ1v) is 11.2. The van der Waals surface area contributed by atoms with Crippen LogP contribution >= 0.6 is 0 Å². The third-order valence-electron chi connectivity index (χ3n) is 6.21. The van der Waals surface area contributed by atoms with Gasteiger partial charge in [-0.1, -0.05) is 48.0 Å². The van der Waals surface area contributed by atoms with E-state index >= 15 is 0 Å². The van der Waals surface area contributed by atoms with Crippen molar-refractivity contribution in [1.82, 2.24) is 9.62 Å². The molecule has 2 aliphatic rings. The number of benzene rings is 2. The van der Waals surface area contributed by atoms with Crippen LogP contribution in [0, 0.1) is 18.8 Å². The number of nitrogens with zero attached hydrogens (tertiary/aromatic N) is 1. The van der Waals surface area contributed by atoms with Crippen LogP contribution < -0.4 is 5.32 Å². The fourth-order valence-corrected chi connectivity index (χ4v) is 5.82. The summed E-state index contributed by atoms with van der Waals surface area (Å²) in [7, 11) is -3.47. The number of carbonyl (C=O) groups is 1. The van der Waals surface area contributed by atoms with Crippen molar-refractivity contribution < 1.29 is 13.2 Å². The molecule has 1 saturated carbocycles. The number of aryl methyl sites for hydroxylation is 1. The number of fused-ring (bicyclic) bond motifs is 1. The fraction of sp³-hybridized carbons (Fsp3) is 0.409. The highest BCUT2D eigenvalue weighted by Crippen LogP contribution is 2.43. The Labute approximate surface area is 166 Å². The molecule has 0 spiro atoms. The Morgan fingerprint density at radius 3 is 2.43 bits per heavy atom. The first-order chi connectivity index (χ1) is 13.4. The molecule has 148 valence electrons. The third-order valence-corrected chi connectivity index (χ3v) is 8.06. The number of rotatable bonds is 5. The molecule has 2 fully saturated rings. The molecular formula is C22H26N2O3S. The van der Waals surface area contributed by atoms with E-state index in [0.29, 0.717) is 23.9 Å². The Bertz CT molecular complexity index is 957. The predicted octanol–water partition coefficient (Wildman–Crippen LogP) is 2.92. The van der Waals surface area contributed by atoms with E-state index in [1.165, 1.54) is 0 Å². The summed E-state index contributed by atoms with van der Waals surface area (Å²) in [4.78, 5) is 13.0. The minimum absolute atomic E-state index is 0.00879. The Kier molecular flexibility index (Phi) is 5.02. The van der Waals surface area contributed by atoms with Crippen molar-refractivity contribution >= 4 is 15.9 Å². The lowest BCUT2D eigenvalue weighted by Crippen LogP contribution is -2.52. The van der Waals surface area contributed by atoms with Gasteiger partial charge in [0, 0.05) is 19.1 Å². The number of hydrogen-bond donors (Lipinski definition) is 1. The van der Waals surface area contributed by atoms with Crippen LogP contribution in [0.4, 0.5) is 0 Å². The molecule has 4 atom stereocenters. The minimum atomic E-state index is -3.47. The number of carbonyl (C=O) groups excluding carboxylic acids is 1. The van der Waals surface area contributed by atoms with Crippen LogP contribution in [-0.2, 0) is 14.8 Å². The van der Waals surface area contributed by atoms with E-state index < -0.39 is 10.0 Å². The average Bonchev–Trinajstić information content (AvgIpc) is 3.04. The topological polar surface area (TPSA) is 66.5 Å². The summed E-state index contributed by atoms with van der Waals surface area (Å²) in [6.45, 7) is 4.87. The van der Waals surface area contributed by atoms with Gasteiger partial charge in [-0.15, -0.1) is 0 Å². The van der Waals surface area contributed by atoms with Crippen LogP contribution in [0.2, 0.25) is 0 Å². The van der Waals surface area contributed by atoms with E-state index in [0.717, 1.165) is 17.5 Å². The molecule has 4 rings (SSSR count). The van der Waals surface area contributed by atoms with Gasteiger partial charge in [-0.05, 0) is 49.8 Å². The van der Waals surface area contributed by atoms with Crippen LogP contribution in [0.25, 0.3) is 0 Å².